The maximum Gasteiger partial charge on any atom is 0.273 e. The SMILES string of the molecule is Nc1nc(C(=O)N2CCCN(C(=O)c3cccc4c3CCC4=O)CC2)cs1. The summed E-state index contributed by atoms with van der Waals surface area (Å²) in [5.41, 5.74) is 8.13. The molecule has 4 rings (SSSR count). The summed E-state index contributed by atoms with van der Waals surface area (Å²) in [5, 5.41) is 2.04. The smallest absolute Gasteiger partial charge is 0.273 e. The molecule has 2 aromatic rings. The van der Waals surface area contributed by atoms with E-state index in [1.165, 1.54) is 11.3 Å². The Labute approximate surface area is 160 Å². The number of aromatic nitrogens is 1. The van der Waals surface area contributed by atoms with Crippen molar-refractivity contribution in [3.8, 4) is 0 Å². The molecular formula is C19H20N4O3S. The van der Waals surface area contributed by atoms with Crippen LogP contribution in [0.3, 0.4) is 0 Å². The van der Waals surface area contributed by atoms with Crippen LogP contribution in [0.25, 0.3) is 0 Å². The number of thiazole rings is 1. The maximum atomic E-state index is 13.1. The van der Waals surface area contributed by atoms with E-state index in [2.05, 4.69) is 4.98 Å². The highest BCUT2D eigenvalue weighted by atomic mass is 32.1. The molecule has 0 spiro atoms. The van der Waals surface area contributed by atoms with Gasteiger partial charge in [0, 0.05) is 49.1 Å². The summed E-state index contributed by atoms with van der Waals surface area (Å²) in [4.78, 5) is 45.1. The van der Waals surface area contributed by atoms with Crippen molar-refractivity contribution >= 4 is 34.1 Å². The van der Waals surface area contributed by atoms with Gasteiger partial charge in [0.15, 0.2) is 10.9 Å². The van der Waals surface area contributed by atoms with Gasteiger partial charge in [0.05, 0.1) is 0 Å². The van der Waals surface area contributed by atoms with E-state index in [0.29, 0.717) is 67.4 Å². The highest BCUT2D eigenvalue weighted by molar-refractivity contribution is 7.13. The lowest BCUT2D eigenvalue weighted by Crippen LogP contribution is -2.37. The van der Waals surface area contributed by atoms with Crippen molar-refractivity contribution in [2.75, 3.05) is 31.9 Å². The van der Waals surface area contributed by atoms with Crippen molar-refractivity contribution in [2.24, 2.45) is 0 Å². The largest absolute Gasteiger partial charge is 0.375 e. The van der Waals surface area contributed by atoms with Gasteiger partial charge in [-0.25, -0.2) is 4.98 Å². The van der Waals surface area contributed by atoms with Crippen molar-refractivity contribution in [3.63, 3.8) is 0 Å². The fraction of sp³-hybridized carbons (Fsp3) is 0.368. The lowest BCUT2D eigenvalue weighted by atomic mass is 10.0. The van der Waals surface area contributed by atoms with Gasteiger partial charge >= 0.3 is 0 Å². The molecule has 1 aliphatic heterocycles. The van der Waals surface area contributed by atoms with Crippen molar-refractivity contribution in [3.05, 3.63) is 46.0 Å². The van der Waals surface area contributed by atoms with Crippen LogP contribution < -0.4 is 5.73 Å². The molecule has 1 aliphatic carbocycles. The molecular weight excluding hydrogens is 364 g/mol. The number of hydrogen-bond acceptors (Lipinski definition) is 6. The number of carbonyl (C=O) groups excluding carboxylic acids is 3. The van der Waals surface area contributed by atoms with Gasteiger partial charge in [0.2, 0.25) is 0 Å². The van der Waals surface area contributed by atoms with Crippen molar-refractivity contribution < 1.29 is 14.4 Å². The normalized spacial score (nSPS) is 17.0. The Morgan fingerprint density at radius 3 is 2.48 bits per heavy atom. The predicted octanol–water partition coefficient (Wildman–Crippen LogP) is 1.84. The number of hydrogen-bond donors (Lipinski definition) is 1. The highest BCUT2D eigenvalue weighted by Gasteiger charge is 2.29. The quantitative estimate of drug-likeness (QED) is 0.852. The molecule has 0 radical (unpaired) electrons. The third-order valence-corrected chi connectivity index (χ3v) is 5.79. The number of amides is 2. The van der Waals surface area contributed by atoms with E-state index in [0.717, 1.165) is 5.56 Å². The number of fused-ring (bicyclic) bond motifs is 1. The first-order valence-electron chi connectivity index (χ1n) is 8.99. The summed E-state index contributed by atoms with van der Waals surface area (Å²) in [6.07, 6.45) is 1.80. The van der Waals surface area contributed by atoms with Gasteiger partial charge in [-0.15, -0.1) is 11.3 Å². The number of rotatable bonds is 2. The van der Waals surface area contributed by atoms with Gasteiger partial charge in [-0.1, -0.05) is 12.1 Å². The number of nitrogen functional groups attached to an aromatic ring is 1. The highest BCUT2D eigenvalue weighted by Crippen LogP contribution is 2.26. The molecule has 8 heteroatoms. The molecule has 1 fully saturated rings. The van der Waals surface area contributed by atoms with E-state index in [-0.39, 0.29) is 17.6 Å². The van der Waals surface area contributed by atoms with E-state index < -0.39 is 0 Å². The Balaban J connectivity index is 1.48. The van der Waals surface area contributed by atoms with Crippen LogP contribution in [0.15, 0.2) is 23.6 Å². The number of nitrogens with zero attached hydrogens (tertiary/aromatic N) is 3. The lowest BCUT2D eigenvalue weighted by molar-refractivity contribution is 0.0715. The van der Waals surface area contributed by atoms with Gasteiger partial charge in [0.25, 0.3) is 11.8 Å². The zero-order valence-corrected chi connectivity index (χ0v) is 15.6. The maximum absolute atomic E-state index is 13.1. The summed E-state index contributed by atoms with van der Waals surface area (Å²) in [5.74, 6) is -0.105. The van der Waals surface area contributed by atoms with Crippen molar-refractivity contribution in [1.82, 2.24) is 14.8 Å². The summed E-state index contributed by atoms with van der Waals surface area (Å²) in [6, 6.07) is 5.37. The third-order valence-electron chi connectivity index (χ3n) is 5.12. The van der Waals surface area contributed by atoms with Gasteiger partial charge in [0.1, 0.15) is 5.69 Å². The molecule has 0 unspecified atom stereocenters. The average molecular weight is 384 g/mol. The monoisotopic (exact) mass is 384 g/mol. The van der Waals surface area contributed by atoms with Crippen LogP contribution in [0.2, 0.25) is 0 Å². The molecule has 1 aromatic heterocycles. The molecule has 0 bridgehead atoms. The molecule has 1 saturated heterocycles. The molecule has 2 N–H and O–H groups in total. The molecule has 0 atom stereocenters. The van der Waals surface area contributed by atoms with E-state index in [1.54, 1.807) is 33.4 Å². The van der Waals surface area contributed by atoms with Crippen LogP contribution in [-0.4, -0.2) is 58.6 Å². The Morgan fingerprint density at radius 1 is 1.04 bits per heavy atom. The predicted molar refractivity (Wildman–Crippen MR) is 102 cm³/mol. The Bertz CT molecular complexity index is 923. The van der Waals surface area contributed by atoms with Crippen molar-refractivity contribution in [1.29, 1.82) is 0 Å². The standard InChI is InChI=1S/C19H20N4O3S/c20-19-21-15(11-27-19)18(26)23-8-2-7-22(9-10-23)17(25)14-4-1-3-13-12(14)5-6-16(13)24/h1,3-4,11H,2,5-10H2,(H2,20,21). The van der Waals surface area contributed by atoms with E-state index in [9.17, 15) is 14.4 Å². The molecule has 2 heterocycles. The minimum Gasteiger partial charge on any atom is -0.375 e. The minimum atomic E-state index is -0.150. The first kappa shape index (κ1) is 17.7. The molecule has 1 aromatic carbocycles. The first-order chi connectivity index (χ1) is 13.0. The van der Waals surface area contributed by atoms with Gasteiger partial charge < -0.3 is 15.5 Å². The fourth-order valence-electron chi connectivity index (χ4n) is 3.73. The molecule has 27 heavy (non-hydrogen) atoms. The lowest BCUT2D eigenvalue weighted by Gasteiger charge is -2.22. The van der Waals surface area contributed by atoms with Crippen LogP contribution in [0, 0.1) is 0 Å². The zero-order valence-electron chi connectivity index (χ0n) is 14.8. The third kappa shape index (κ3) is 3.32. The topological polar surface area (TPSA) is 96.6 Å². The van der Waals surface area contributed by atoms with Crippen LogP contribution in [0.5, 0.6) is 0 Å². The Morgan fingerprint density at radius 2 is 1.78 bits per heavy atom. The van der Waals surface area contributed by atoms with E-state index >= 15 is 0 Å². The molecule has 0 saturated carbocycles. The van der Waals surface area contributed by atoms with Gasteiger partial charge in [-0.2, -0.15) is 0 Å². The molecule has 2 amide bonds. The number of nitrogens with two attached hydrogens (primary N) is 1. The number of carbonyl (C=O) groups is 3. The molecule has 140 valence electrons. The summed E-state index contributed by atoms with van der Waals surface area (Å²) in [7, 11) is 0. The first-order valence-corrected chi connectivity index (χ1v) is 9.87. The zero-order chi connectivity index (χ0) is 19.0. The second-order valence-corrected chi connectivity index (χ2v) is 7.65. The fourth-order valence-corrected chi connectivity index (χ4v) is 4.27. The second kappa shape index (κ2) is 7.11. The number of Topliss-reactive ketones (excluding diaryl/α,β-unsaturated/α-hetero) is 1. The second-order valence-electron chi connectivity index (χ2n) is 6.76. The Kier molecular flexibility index (Phi) is 4.65. The van der Waals surface area contributed by atoms with Gasteiger partial charge in [-0.05, 0) is 24.5 Å². The summed E-state index contributed by atoms with van der Waals surface area (Å²) >= 11 is 1.24. The van der Waals surface area contributed by atoms with Crippen LogP contribution in [-0.2, 0) is 6.42 Å². The Hall–Kier alpha value is -2.74. The molecule has 7 nitrogen and oxygen atoms in total. The summed E-state index contributed by atoms with van der Waals surface area (Å²) in [6.45, 7) is 2.07. The number of anilines is 1. The summed E-state index contributed by atoms with van der Waals surface area (Å²) < 4.78 is 0. The van der Waals surface area contributed by atoms with Crippen LogP contribution >= 0.6 is 11.3 Å². The number of benzene rings is 1. The van der Waals surface area contributed by atoms with Crippen molar-refractivity contribution in [2.45, 2.75) is 19.3 Å². The van der Waals surface area contributed by atoms with E-state index in [4.69, 9.17) is 5.73 Å². The van der Waals surface area contributed by atoms with Crippen LogP contribution in [0.1, 0.15) is 49.6 Å². The number of ketones is 1. The van der Waals surface area contributed by atoms with E-state index in [1.807, 2.05) is 0 Å². The minimum absolute atomic E-state index is 0.0613. The average Bonchev–Trinajstić information content (AvgIpc) is 3.18. The van der Waals surface area contributed by atoms with Gasteiger partial charge in [-0.3, -0.25) is 14.4 Å². The van der Waals surface area contributed by atoms with Crippen LogP contribution in [0.4, 0.5) is 5.13 Å². The molecule has 2 aliphatic rings.